The largest absolute Gasteiger partial charge is 0.395 e. The molecule has 5 heteroatoms. The lowest BCUT2D eigenvalue weighted by Gasteiger charge is -2.57. The monoisotopic (exact) mass is 331 g/mol. The highest BCUT2D eigenvalue weighted by Crippen LogP contribution is 2.61. The Kier molecular flexibility index (Phi) is 4.15. The summed E-state index contributed by atoms with van der Waals surface area (Å²) in [7, 11) is 1.95. The van der Waals surface area contributed by atoms with Crippen molar-refractivity contribution in [1.29, 1.82) is 0 Å². The summed E-state index contributed by atoms with van der Waals surface area (Å²) >= 11 is 0. The maximum Gasteiger partial charge on any atom is 0.223 e. The van der Waals surface area contributed by atoms with E-state index < -0.39 is 0 Å². The lowest BCUT2D eigenvalue weighted by Crippen LogP contribution is -2.48. The van der Waals surface area contributed by atoms with Gasteiger partial charge in [-0.2, -0.15) is 0 Å². The Bertz CT molecular complexity index is 574. The van der Waals surface area contributed by atoms with Crippen molar-refractivity contribution in [2.24, 2.45) is 30.2 Å². The molecule has 0 aromatic carbocycles. The smallest absolute Gasteiger partial charge is 0.223 e. The summed E-state index contributed by atoms with van der Waals surface area (Å²) in [5.41, 5.74) is 1.27. The van der Waals surface area contributed by atoms with E-state index >= 15 is 0 Å². The van der Waals surface area contributed by atoms with Crippen LogP contribution in [0.15, 0.2) is 12.5 Å². The lowest BCUT2D eigenvalue weighted by atomic mass is 9.49. The van der Waals surface area contributed by atoms with Gasteiger partial charge in [0, 0.05) is 26.2 Å². The van der Waals surface area contributed by atoms with Gasteiger partial charge in [-0.1, -0.05) is 0 Å². The van der Waals surface area contributed by atoms with Gasteiger partial charge in [0.15, 0.2) is 0 Å². The van der Waals surface area contributed by atoms with Crippen molar-refractivity contribution in [2.45, 2.75) is 51.5 Å². The van der Waals surface area contributed by atoms with Crippen molar-refractivity contribution in [3.63, 3.8) is 0 Å². The number of hydrogen-bond acceptors (Lipinski definition) is 3. The van der Waals surface area contributed by atoms with Gasteiger partial charge in [-0.05, 0) is 61.7 Å². The van der Waals surface area contributed by atoms with Gasteiger partial charge in [0.05, 0.1) is 25.2 Å². The van der Waals surface area contributed by atoms with Crippen molar-refractivity contribution in [3.8, 4) is 0 Å². The maximum atomic E-state index is 13.0. The molecule has 0 spiro atoms. The van der Waals surface area contributed by atoms with Crippen LogP contribution in [0.3, 0.4) is 0 Å². The second-order valence-corrected chi connectivity index (χ2v) is 8.63. The van der Waals surface area contributed by atoms with Crippen molar-refractivity contribution >= 4 is 5.91 Å². The molecule has 132 valence electrons. The molecule has 4 aliphatic rings. The number of aromatic nitrogens is 2. The van der Waals surface area contributed by atoms with Gasteiger partial charge in [0.25, 0.3) is 0 Å². The molecule has 0 atom stereocenters. The number of carbonyl (C=O) groups excluding carboxylic acids is 1. The van der Waals surface area contributed by atoms with Gasteiger partial charge in [0.2, 0.25) is 5.91 Å². The van der Waals surface area contributed by atoms with Crippen molar-refractivity contribution in [1.82, 2.24) is 14.5 Å². The third-order valence-corrected chi connectivity index (χ3v) is 6.68. The summed E-state index contributed by atoms with van der Waals surface area (Å²) in [6, 6.07) is 0. The number of imidazole rings is 1. The topological polar surface area (TPSA) is 58.4 Å². The number of amides is 1. The first-order valence-corrected chi connectivity index (χ1v) is 9.41. The Morgan fingerprint density at radius 2 is 1.92 bits per heavy atom. The predicted molar refractivity (Wildman–Crippen MR) is 90.9 cm³/mol. The van der Waals surface area contributed by atoms with Crippen LogP contribution in [0.4, 0.5) is 0 Å². The first-order chi connectivity index (χ1) is 11.6. The molecule has 1 heterocycles. The van der Waals surface area contributed by atoms with Crippen LogP contribution in [0, 0.1) is 23.2 Å². The van der Waals surface area contributed by atoms with E-state index in [9.17, 15) is 9.90 Å². The molecular weight excluding hydrogens is 302 g/mol. The third-order valence-electron chi connectivity index (χ3n) is 6.68. The molecule has 1 amide bonds. The summed E-state index contributed by atoms with van der Waals surface area (Å²) in [4.78, 5) is 19.0. The number of aliphatic hydroxyl groups excluding tert-OH is 1. The Morgan fingerprint density at radius 1 is 1.29 bits per heavy atom. The number of nitrogens with zero attached hydrogens (tertiary/aromatic N) is 3. The zero-order valence-corrected chi connectivity index (χ0v) is 14.7. The maximum absolute atomic E-state index is 13.0. The Morgan fingerprint density at radius 3 is 2.42 bits per heavy atom. The summed E-state index contributed by atoms with van der Waals surface area (Å²) in [6.07, 6.45) is 12.2. The number of aryl methyl sites for hydroxylation is 1. The zero-order valence-electron chi connectivity index (χ0n) is 14.7. The van der Waals surface area contributed by atoms with Crippen LogP contribution < -0.4 is 0 Å². The highest BCUT2D eigenvalue weighted by Gasteiger charge is 2.51. The minimum absolute atomic E-state index is 0.0183. The molecule has 0 aliphatic heterocycles. The summed E-state index contributed by atoms with van der Waals surface area (Å²) in [6.45, 7) is 0.975. The molecule has 4 saturated carbocycles. The first kappa shape index (κ1) is 16.1. The van der Waals surface area contributed by atoms with Gasteiger partial charge < -0.3 is 14.6 Å². The van der Waals surface area contributed by atoms with E-state index in [0.717, 1.165) is 23.4 Å². The van der Waals surface area contributed by atoms with E-state index in [1.165, 1.54) is 38.5 Å². The van der Waals surface area contributed by atoms with Gasteiger partial charge in [-0.3, -0.25) is 4.79 Å². The quantitative estimate of drug-likeness (QED) is 0.870. The highest BCUT2D eigenvalue weighted by molar-refractivity contribution is 5.77. The molecule has 5 nitrogen and oxygen atoms in total. The average Bonchev–Trinajstić information content (AvgIpc) is 2.90. The SMILES string of the molecule is Cn1cncc1CN(CCO)C(=O)CC12CC3CC(CC(C3)C1)C2. The summed E-state index contributed by atoms with van der Waals surface area (Å²) < 4.78 is 1.95. The fraction of sp³-hybridized carbons (Fsp3) is 0.789. The van der Waals surface area contributed by atoms with E-state index in [1.807, 2.05) is 22.7 Å². The fourth-order valence-electron chi connectivity index (χ4n) is 6.08. The predicted octanol–water partition coefficient (Wildman–Crippen LogP) is 2.35. The molecule has 1 N–H and O–H groups in total. The van der Waals surface area contributed by atoms with Crippen LogP contribution in [0.5, 0.6) is 0 Å². The van der Waals surface area contributed by atoms with E-state index in [0.29, 0.717) is 19.5 Å². The molecule has 1 aromatic heterocycles. The van der Waals surface area contributed by atoms with Crippen molar-refractivity contribution < 1.29 is 9.90 Å². The number of carbonyl (C=O) groups is 1. The first-order valence-electron chi connectivity index (χ1n) is 9.41. The molecule has 1 aromatic rings. The van der Waals surface area contributed by atoms with Crippen LogP contribution in [0.1, 0.15) is 50.6 Å². The van der Waals surface area contributed by atoms with Gasteiger partial charge in [-0.25, -0.2) is 4.98 Å². The standard InChI is InChI=1S/C19H29N3O2/c1-21-13-20-11-17(21)12-22(2-3-23)18(24)10-19-7-14-4-15(8-19)6-16(5-14)9-19/h11,13-16,23H,2-10,12H2,1H3. The Balaban J connectivity index is 1.46. The second-order valence-electron chi connectivity index (χ2n) is 8.63. The Labute approximate surface area is 144 Å². The van der Waals surface area contributed by atoms with Gasteiger partial charge in [-0.15, -0.1) is 0 Å². The Hall–Kier alpha value is -1.36. The summed E-state index contributed by atoms with van der Waals surface area (Å²) in [5.74, 6) is 2.82. The normalized spacial score (nSPS) is 33.8. The van der Waals surface area contributed by atoms with Crippen LogP contribution in [0.25, 0.3) is 0 Å². The number of hydrogen-bond donors (Lipinski definition) is 1. The molecule has 4 bridgehead atoms. The minimum atomic E-state index is 0.0183. The average molecular weight is 331 g/mol. The van der Waals surface area contributed by atoms with E-state index in [2.05, 4.69) is 4.98 Å². The molecule has 24 heavy (non-hydrogen) atoms. The van der Waals surface area contributed by atoms with Crippen LogP contribution in [-0.2, 0) is 18.4 Å². The van der Waals surface area contributed by atoms with Crippen molar-refractivity contribution in [2.75, 3.05) is 13.2 Å². The van der Waals surface area contributed by atoms with E-state index in [-0.39, 0.29) is 17.9 Å². The molecule has 0 radical (unpaired) electrons. The molecule has 4 fully saturated rings. The molecule has 0 saturated heterocycles. The van der Waals surface area contributed by atoms with E-state index in [1.54, 1.807) is 6.33 Å². The number of aliphatic hydroxyl groups is 1. The lowest BCUT2D eigenvalue weighted by molar-refractivity contribution is -0.140. The summed E-state index contributed by atoms with van der Waals surface area (Å²) in [5, 5.41) is 9.40. The molecular formula is C19H29N3O2. The van der Waals surface area contributed by atoms with Crippen LogP contribution in [-0.4, -0.2) is 38.6 Å². The fourth-order valence-corrected chi connectivity index (χ4v) is 6.08. The van der Waals surface area contributed by atoms with Gasteiger partial charge in [0.1, 0.15) is 0 Å². The molecule has 5 rings (SSSR count). The molecule has 0 unspecified atom stereocenters. The number of rotatable bonds is 6. The van der Waals surface area contributed by atoms with Crippen molar-refractivity contribution in [3.05, 3.63) is 18.2 Å². The van der Waals surface area contributed by atoms with Gasteiger partial charge >= 0.3 is 0 Å². The minimum Gasteiger partial charge on any atom is -0.395 e. The van der Waals surface area contributed by atoms with Crippen LogP contribution >= 0.6 is 0 Å². The van der Waals surface area contributed by atoms with E-state index in [4.69, 9.17) is 0 Å². The highest BCUT2D eigenvalue weighted by atomic mass is 16.3. The molecule has 4 aliphatic carbocycles. The zero-order chi connectivity index (χ0) is 16.7. The van der Waals surface area contributed by atoms with Crippen LogP contribution in [0.2, 0.25) is 0 Å². The third kappa shape index (κ3) is 2.99. The second kappa shape index (κ2) is 6.17.